The van der Waals surface area contributed by atoms with E-state index >= 15 is 0 Å². The van der Waals surface area contributed by atoms with Gasteiger partial charge in [0.1, 0.15) is 0 Å². The van der Waals surface area contributed by atoms with Crippen LogP contribution in [0.25, 0.3) is 0 Å². The molecule has 63 valence electrons. The van der Waals surface area contributed by atoms with Gasteiger partial charge in [-0.25, -0.2) is 0 Å². The molecule has 1 aromatic carbocycles. The Kier molecular flexibility index (Phi) is 2.37. The predicted molar refractivity (Wildman–Crippen MR) is 52.3 cm³/mol. The second-order valence-corrected chi connectivity index (χ2v) is 2.92. The highest BCUT2D eigenvalue weighted by Gasteiger charge is 1.94. The third kappa shape index (κ3) is 2.15. The number of rotatable bonds is 2. The average molecular weight is 168 g/mol. The summed E-state index contributed by atoms with van der Waals surface area (Å²) in [7, 11) is 0. The van der Waals surface area contributed by atoms with E-state index in [0.717, 1.165) is 12.1 Å². The lowest BCUT2D eigenvalue weighted by Crippen LogP contribution is -1.90. The van der Waals surface area contributed by atoms with E-state index in [1.165, 1.54) is 5.56 Å². The predicted octanol–water partition coefficient (Wildman–Crippen LogP) is 2.47. The van der Waals surface area contributed by atoms with Crippen LogP contribution in [-0.2, 0) is 6.42 Å². The van der Waals surface area contributed by atoms with Gasteiger partial charge < -0.3 is 0 Å². The largest absolute Gasteiger partial charge is 0.251 e. The van der Waals surface area contributed by atoms with Gasteiger partial charge in [-0.3, -0.25) is 4.98 Å². The van der Waals surface area contributed by atoms with Crippen molar-refractivity contribution in [1.29, 1.82) is 0 Å². The molecule has 0 aliphatic heterocycles. The maximum absolute atomic E-state index is 4.15. The molecule has 0 N–H and O–H groups in total. The monoisotopic (exact) mass is 168 g/mol. The first-order valence-corrected chi connectivity index (χ1v) is 4.31. The van der Waals surface area contributed by atoms with Gasteiger partial charge in [0.2, 0.25) is 0 Å². The first-order valence-electron chi connectivity index (χ1n) is 4.31. The second-order valence-electron chi connectivity index (χ2n) is 2.92. The third-order valence-corrected chi connectivity index (χ3v) is 1.90. The maximum atomic E-state index is 4.15. The zero-order valence-corrected chi connectivity index (χ0v) is 7.27. The summed E-state index contributed by atoms with van der Waals surface area (Å²) in [6, 6.07) is 16.1. The molecule has 1 aromatic heterocycles. The van der Waals surface area contributed by atoms with Gasteiger partial charge in [-0.05, 0) is 17.7 Å². The molecule has 1 nitrogen and oxygen atoms in total. The van der Waals surface area contributed by atoms with E-state index in [4.69, 9.17) is 0 Å². The van der Waals surface area contributed by atoms with Crippen molar-refractivity contribution in [2.24, 2.45) is 0 Å². The summed E-state index contributed by atoms with van der Waals surface area (Å²) in [4.78, 5) is 4.15. The molecule has 0 bridgehead atoms. The van der Waals surface area contributed by atoms with Crippen LogP contribution in [0, 0.1) is 6.20 Å². The molecular formula is C12H10N. The molecule has 0 amide bonds. The number of nitrogens with zero attached hydrogens (tertiary/aromatic N) is 1. The number of pyridine rings is 1. The molecule has 0 fully saturated rings. The molecular weight excluding hydrogens is 158 g/mol. The van der Waals surface area contributed by atoms with Crippen molar-refractivity contribution >= 4 is 0 Å². The minimum Gasteiger partial charge on any atom is -0.251 e. The van der Waals surface area contributed by atoms with Crippen molar-refractivity contribution < 1.29 is 0 Å². The maximum Gasteiger partial charge on any atom is 0.0889 e. The molecule has 0 aliphatic rings. The Hall–Kier alpha value is -1.63. The van der Waals surface area contributed by atoms with E-state index < -0.39 is 0 Å². The van der Waals surface area contributed by atoms with Gasteiger partial charge in [0, 0.05) is 12.1 Å². The lowest BCUT2D eigenvalue weighted by atomic mass is 10.1. The summed E-state index contributed by atoms with van der Waals surface area (Å²) in [5, 5.41) is 0. The summed E-state index contributed by atoms with van der Waals surface area (Å²) in [6.45, 7) is 0. The molecule has 1 heteroatoms. The molecule has 2 rings (SSSR count). The highest BCUT2D eigenvalue weighted by Crippen LogP contribution is 2.05. The number of hydrogen-bond acceptors (Lipinski definition) is 1. The average Bonchev–Trinajstić information content (AvgIpc) is 2.21. The Morgan fingerprint density at radius 3 is 2.54 bits per heavy atom. The Morgan fingerprint density at radius 2 is 1.85 bits per heavy atom. The van der Waals surface area contributed by atoms with E-state index in [1.54, 1.807) is 0 Å². The molecule has 0 saturated carbocycles. The van der Waals surface area contributed by atoms with Gasteiger partial charge in [0.15, 0.2) is 0 Å². The molecule has 1 heterocycles. The first kappa shape index (κ1) is 7.99. The minimum atomic E-state index is 0.887. The minimum absolute atomic E-state index is 0.887. The fourth-order valence-corrected chi connectivity index (χ4v) is 1.26. The first-order chi connectivity index (χ1) is 6.45. The van der Waals surface area contributed by atoms with E-state index in [9.17, 15) is 0 Å². The fourth-order valence-electron chi connectivity index (χ4n) is 1.26. The van der Waals surface area contributed by atoms with E-state index in [2.05, 4.69) is 23.3 Å². The van der Waals surface area contributed by atoms with Crippen LogP contribution in [0.2, 0.25) is 0 Å². The lowest BCUT2D eigenvalue weighted by molar-refractivity contribution is 1.07. The molecule has 2 aromatic rings. The summed E-state index contributed by atoms with van der Waals surface area (Å²) in [6.07, 6.45) is 3.72. The van der Waals surface area contributed by atoms with Gasteiger partial charge in [-0.2, -0.15) is 0 Å². The summed E-state index contributed by atoms with van der Waals surface area (Å²) in [5.74, 6) is 0. The van der Waals surface area contributed by atoms with Gasteiger partial charge in [-0.15, -0.1) is 0 Å². The lowest BCUT2D eigenvalue weighted by Gasteiger charge is -1.98. The van der Waals surface area contributed by atoms with Crippen LogP contribution in [0.4, 0.5) is 0 Å². The van der Waals surface area contributed by atoms with Crippen molar-refractivity contribution in [3.63, 3.8) is 0 Å². The Morgan fingerprint density at radius 1 is 1.00 bits per heavy atom. The van der Waals surface area contributed by atoms with E-state index in [-0.39, 0.29) is 0 Å². The van der Waals surface area contributed by atoms with Gasteiger partial charge in [0.25, 0.3) is 0 Å². The summed E-state index contributed by atoms with van der Waals surface area (Å²) < 4.78 is 0. The van der Waals surface area contributed by atoms with Crippen molar-refractivity contribution in [2.45, 2.75) is 6.42 Å². The highest BCUT2D eigenvalue weighted by molar-refractivity contribution is 5.21. The van der Waals surface area contributed by atoms with Crippen LogP contribution in [0.15, 0.2) is 48.5 Å². The van der Waals surface area contributed by atoms with Crippen molar-refractivity contribution in [3.05, 3.63) is 66.0 Å². The topological polar surface area (TPSA) is 12.9 Å². The molecule has 0 spiro atoms. The number of aromatic nitrogens is 1. The molecule has 0 aliphatic carbocycles. The SMILES string of the molecule is [c]1cccc(Cc2ccccc2)n1. The number of hydrogen-bond donors (Lipinski definition) is 0. The zero-order valence-electron chi connectivity index (χ0n) is 7.27. The van der Waals surface area contributed by atoms with Crippen LogP contribution in [0.3, 0.4) is 0 Å². The number of benzene rings is 1. The molecule has 0 saturated heterocycles. The highest BCUT2D eigenvalue weighted by atomic mass is 14.7. The molecule has 0 atom stereocenters. The molecule has 0 unspecified atom stereocenters. The summed E-state index contributed by atoms with van der Waals surface area (Å²) in [5.41, 5.74) is 2.35. The normalized spacial score (nSPS) is 9.85. The van der Waals surface area contributed by atoms with Crippen LogP contribution in [0.1, 0.15) is 11.3 Å². The standard InChI is InChI=1S/C12H10N/c1-2-6-11(7-3-1)10-12-8-4-5-9-13-12/h1-8H,10H2. The van der Waals surface area contributed by atoms with E-state index in [1.807, 2.05) is 36.4 Å². The van der Waals surface area contributed by atoms with Crippen LogP contribution in [-0.4, -0.2) is 4.98 Å². The zero-order chi connectivity index (χ0) is 8.93. The Bertz CT molecular complexity index is 316. The van der Waals surface area contributed by atoms with Crippen LogP contribution < -0.4 is 0 Å². The molecule has 1 radical (unpaired) electrons. The van der Waals surface area contributed by atoms with Crippen LogP contribution in [0.5, 0.6) is 0 Å². The third-order valence-electron chi connectivity index (χ3n) is 1.90. The molecule has 13 heavy (non-hydrogen) atoms. The second kappa shape index (κ2) is 3.85. The van der Waals surface area contributed by atoms with E-state index in [0.29, 0.717) is 0 Å². The Labute approximate surface area is 78.1 Å². The van der Waals surface area contributed by atoms with Crippen molar-refractivity contribution in [3.8, 4) is 0 Å². The Balaban J connectivity index is 2.16. The van der Waals surface area contributed by atoms with Gasteiger partial charge >= 0.3 is 0 Å². The van der Waals surface area contributed by atoms with Crippen molar-refractivity contribution in [2.75, 3.05) is 0 Å². The van der Waals surface area contributed by atoms with Crippen molar-refractivity contribution in [1.82, 2.24) is 4.98 Å². The van der Waals surface area contributed by atoms with Gasteiger partial charge in [-0.1, -0.05) is 36.4 Å². The van der Waals surface area contributed by atoms with Gasteiger partial charge in [0.05, 0.1) is 6.20 Å². The quantitative estimate of drug-likeness (QED) is 0.671. The van der Waals surface area contributed by atoms with Crippen LogP contribution >= 0.6 is 0 Å². The smallest absolute Gasteiger partial charge is 0.0889 e. The fraction of sp³-hybridized carbons (Fsp3) is 0.0833. The summed E-state index contributed by atoms with van der Waals surface area (Å²) >= 11 is 0.